The van der Waals surface area contributed by atoms with Crippen LogP contribution < -0.4 is 15.4 Å². The van der Waals surface area contributed by atoms with Crippen molar-refractivity contribution in [2.45, 2.75) is 13.3 Å². The molecule has 164 valence electrons. The highest BCUT2D eigenvalue weighted by Gasteiger charge is 2.07. The zero-order valence-electron chi connectivity index (χ0n) is 16.5. The fourth-order valence-corrected chi connectivity index (χ4v) is 3.71. The van der Waals surface area contributed by atoms with Crippen molar-refractivity contribution in [3.05, 3.63) is 87.9 Å². The number of hydrogen-bond donors (Lipinski definition) is 2. The van der Waals surface area contributed by atoms with Crippen LogP contribution in [0.2, 0.25) is 15.1 Å². The predicted molar refractivity (Wildman–Crippen MR) is 132 cm³/mol. The molecule has 2 N–H and O–H groups in total. The summed E-state index contributed by atoms with van der Waals surface area (Å²) >= 11 is 23.5. The van der Waals surface area contributed by atoms with Crippen molar-refractivity contribution in [2.24, 2.45) is 0 Å². The van der Waals surface area contributed by atoms with E-state index in [2.05, 4.69) is 20.8 Å². The highest BCUT2D eigenvalue weighted by molar-refractivity contribution is 7.80. The SMILES string of the molecule is S=C(Nc1cnn(COc2cccc(Cl)c2)c1)Nc1cnn(Cc2ccc(Cl)cc2Cl)c1. The van der Waals surface area contributed by atoms with Crippen LogP contribution in [-0.4, -0.2) is 24.7 Å². The summed E-state index contributed by atoms with van der Waals surface area (Å²) in [6.07, 6.45) is 6.95. The van der Waals surface area contributed by atoms with Gasteiger partial charge < -0.3 is 15.4 Å². The Balaban J connectivity index is 1.29. The van der Waals surface area contributed by atoms with Crippen LogP contribution in [0.3, 0.4) is 0 Å². The Hall–Kier alpha value is -2.78. The maximum Gasteiger partial charge on any atom is 0.180 e. The first-order chi connectivity index (χ1) is 15.4. The van der Waals surface area contributed by atoms with Gasteiger partial charge in [-0.2, -0.15) is 10.2 Å². The van der Waals surface area contributed by atoms with E-state index in [1.54, 1.807) is 52.2 Å². The van der Waals surface area contributed by atoms with Gasteiger partial charge in [-0.1, -0.05) is 46.9 Å². The van der Waals surface area contributed by atoms with Gasteiger partial charge in [0.25, 0.3) is 0 Å². The summed E-state index contributed by atoms with van der Waals surface area (Å²) < 4.78 is 9.06. The predicted octanol–water partition coefficient (Wildman–Crippen LogP) is 5.93. The summed E-state index contributed by atoms with van der Waals surface area (Å²) in [6.45, 7) is 0.750. The number of ether oxygens (including phenoxy) is 1. The molecular weight excluding hydrogens is 491 g/mol. The lowest BCUT2D eigenvalue weighted by Crippen LogP contribution is -2.18. The van der Waals surface area contributed by atoms with Crippen LogP contribution in [0.15, 0.2) is 67.3 Å². The second kappa shape index (κ2) is 10.2. The third kappa shape index (κ3) is 6.14. The first kappa shape index (κ1) is 22.4. The minimum atomic E-state index is 0.238. The number of hydrogen-bond acceptors (Lipinski definition) is 4. The Kier molecular flexibility index (Phi) is 7.16. The second-order valence-electron chi connectivity index (χ2n) is 6.74. The van der Waals surface area contributed by atoms with E-state index in [1.165, 1.54) is 0 Å². The van der Waals surface area contributed by atoms with Gasteiger partial charge in [-0.3, -0.25) is 4.68 Å². The van der Waals surface area contributed by atoms with Crippen LogP contribution >= 0.6 is 47.0 Å². The van der Waals surface area contributed by atoms with Gasteiger partial charge in [0.2, 0.25) is 0 Å². The maximum absolute atomic E-state index is 6.23. The molecular formula is C21H17Cl3N6OS. The van der Waals surface area contributed by atoms with Gasteiger partial charge in [-0.25, -0.2) is 4.68 Å². The summed E-state index contributed by atoms with van der Waals surface area (Å²) in [5, 5.41) is 17.0. The summed E-state index contributed by atoms with van der Waals surface area (Å²) in [5.41, 5.74) is 2.38. The van der Waals surface area contributed by atoms with Crippen LogP contribution in [0.1, 0.15) is 5.56 Å². The topological polar surface area (TPSA) is 68.9 Å². The van der Waals surface area contributed by atoms with E-state index in [9.17, 15) is 0 Å². The zero-order chi connectivity index (χ0) is 22.5. The van der Waals surface area contributed by atoms with Crippen molar-refractivity contribution in [1.82, 2.24) is 19.6 Å². The van der Waals surface area contributed by atoms with Gasteiger partial charge in [0, 0.05) is 21.3 Å². The molecule has 0 atom stereocenters. The second-order valence-corrected chi connectivity index (χ2v) is 8.43. The van der Waals surface area contributed by atoms with Gasteiger partial charge >= 0.3 is 0 Å². The smallest absolute Gasteiger partial charge is 0.180 e. The van der Waals surface area contributed by atoms with E-state index in [-0.39, 0.29) is 6.73 Å². The van der Waals surface area contributed by atoms with E-state index in [0.29, 0.717) is 32.5 Å². The molecule has 0 bridgehead atoms. The molecule has 0 spiro atoms. The highest BCUT2D eigenvalue weighted by atomic mass is 35.5. The van der Waals surface area contributed by atoms with Crippen LogP contribution in [0.4, 0.5) is 11.4 Å². The minimum absolute atomic E-state index is 0.238. The number of nitrogens with one attached hydrogen (secondary N) is 2. The summed E-state index contributed by atoms with van der Waals surface area (Å²) in [4.78, 5) is 0. The van der Waals surface area contributed by atoms with Crippen LogP contribution in [-0.2, 0) is 13.3 Å². The first-order valence-electron chi connectivity index (χ1n) is 9.40. The number of anilines is 2. The first-order valence-corrected chi connectivity index (χ1v) is 10.9. The van der Waals surface area contributed by atoms with Crippen LogP contribution in [0, 0.1) is 0 Å². The fraction of sp³-hybridized carbons (Fsp3) is 0.0952. The molecule has 0 fully saturated rings. The monoisotopic (exact) mass is 506 g/mol. The van der Waals surface area contributed by atoms with E-state index < -0.39 is 0 Å². The third-order valence-electron chi connectivity index (χ3n) is 4.29. The Bertz CT molecular complexity index is 1240. The molecule has 7 nitrogen and oxygen atoms in total. The lowest BCUT2D eigenvalue weighted by atomic mass is 10.2. The summed E-state index contributed by atoms with van der Waals surface area (Å²) in [6, 6.07) is 12.6. The summed E-state index contributed by atoms with van der Waals surface area (Å²) in [7, 11) is 0. The number of aromatic nitrogens is 4. The number of nitrogens with zero attached hydrogens (tertiary/aromatic N) is 4. The van der Waals surface area contributed by atoms with Gasteiger partial charge in [-0.05, 0) is 48.1 Å². The Labute approximate surface area is 204 Å². The molecule has 0 unspecified atom stereocenters. The number of thiocarbonyl (C=S) groups is 1. The summed E-state index contributed by atoms with van der Waals surface area (Å²) in [5.74, 6) is 0.664. The van der Waals surface area contributed by atoms with E-state index in [4.69, 9.17) is 51.8 Å². The maximum atomic E-state index is 6.23. The van der Waals surface area contributed by atoms with Crippen LogP contribution in [0.5, 0.6) is 5.75 Å². The Morgan fingerprint density at radius 3 is 2.31 bits per heavy atom. The normalized spacial score (nSPS) is 10.7. The molecule has 2 heterocycles. The molecule has 4 aromatic rings. The average molecular weight is 508 g/mol. The molecule has 0 aliphatic heterocycles. The number of halogens is 3. The molecule has 0 saturated heterocycles. The Morgan fingerprint density at radius 1 is 0.906 bits per heavy atom. The molecule has 0 saturated carbocycles. The van der Waals surface area contributed by atoms with Crippen LogP contribution in [0.25, 0.3) is 0 Å². The van der Waals surface area contributed by atoms with Gasteiger partial charge in [-0.15, -0.1) is 0 Å². The molecule has 32 heavy (non-hydrogen) atoms. The molecule has 2 aromatic heterocycles. The van der Waals surface area contributed by atoms with E-state index >= 15 is 0 Å². The van der Waals surface area contributed by atoms with Gasteiger partial charge in [0.1, 0.15) is 5.75 Å². The standard InChI is InChI=1S/C21H17Cl3N6OS/c22-15-2-1-3-19(6-15)31-13-30-12-18(9-26-30)28-21(32)27-17-8-25-29(11-17)10-14-4-5-16(23)7-20(14)24/h1-9,11-12H,10,13H2,(H2,27,28,32). The van der Waals surface area contributed by atoms with Crippen molar-refractivity contribution in [2.75, 3.05) is 10.6 Å². The lowest BCUT2D eigenvalue weighted by molar-refractivity contribution is 0.221. The van der Waals surface area contributed by atoms with E-state index in [1.807, 2.05) is 24.4 Å². The van der Waals surface area contributed by atoms with Crippen molar-refractivity contribution in [1.29, 1.82) is 0 Å². The van der Waals surface area contributed by atoms with Crippen molar-refractivity contribution < 1.29 is 4.74 Å². The number of benzene rings is 2. The molecule has 0 aliphatic carbocycles. The zero-order valence-corrected chi connectivity index (χ0v) is 19.6. The van der Waals surface area contributed by atoms with E-state index in [0.717, 1.165) is 16.9 Å². The molecule has 2 aromatic carbocycles. The molecule has 0 aliphatic rings. The third-order valence-corrected chi connectivity index (χ3v) is 5.32. The highest BCUT2D eigenvalue weighted by Crippen LogP contribution is 2.22. The quantitative estimate of drug-likeness (QED) is 0.302. The van der Waals surface area contributed by atoms with Crippen molar-refractivity contribution >= 4 is 63.5 Å². The molecule has 11 heteroatoms. The molecule has 0 amide bonds. The van der Waals surface area contributed by atoms with Gasteiger partial charge in [0.15, 0.2) is 11.8 Å². The Morgan fingerprint density at radius 2 is 1.59 bits per heavy atom. The van der Waals surface area contributed by atoms with Crippen molar-refractivity contribution in [3.8, 4) is 5.75 Å². The average Bonchev–Trinajstić information content (AvgIpc) is 3.38. The molecule has 0 radical (unpaired) electrons. The molecule has 4 rings (SSSR count). The minimum Gasteiger partial charge on any atom is -0.471 e. The largest absolute Gasteiger partial charge is 0.471 e. The van der Waals surface area contributed by atoms with Crippen molar-refractivity contribution in [3.63, 3.8) is 0 Å². The lowest BCUT2D eigenvalue weighted by Gasteiger charge is -2.07. The van der Waals surface area contributed by atoms with Gasteiger partial charge in [0.05, 0.1) is 36.5 Å². The number of rotatable bonds is 7. The fourth-order valence-electron chi connectivity index (χ4n) is 2.83.